The van der Waals surface area contributed by atoms with Crippen molar-refractivity contribution in [1.82, 2.24) is 19.6 Å². The first-order valence-corrected chi connectivity index (χ1v) is 10.7. The number of amides is 2. The van der Waals surface area contributed by atoms with E-state index in [-0.39, 0.29) is 23.4 Å². The molecule has 0 unspecified atom stereocenters. The van der Waals surface area contributed by atoms with Gasteiger partial charge in [-0.15, -0.1) is 0 Å². The first kappa shape index (κ1) is 22.0. The Bertz CT molecular complexity index is 1260. The number of carbonyl (C=O) groups excluding carboxylic acids is 2. The van der Waals surface area contributed by atoms with Gasteiger partial charge in [0, 0.05) is 18.2 Å². The smallest absolute Gasteiger partial charge is 0.276 e. The van der Waals surface area contributed by atoms with E-state index in [1.54, 1.807) is 41.7 Å². The minimum atomic E-state index is -0.389. The molecule has 8 nitrogen and oxygen atoms in total. The number of hydrogen-bond donors (Lipinski definition) is 2. The maximum Gasteiger partial charge on any atom is 0.276 e. The maximum absolute atomic E-state index is 12.9. The Morgan fingerprint density at radius 3 is 2.42 bits per heavy atom. The Morgan fingerprint density at radius 1 is 1.00 bits per heavy atom. The molecule has 0 aliphatic heterocycles. The van der Waals surface area contributed by atoms with Crippen LogP contribution in [0.25, 0.3) is 5.69 Å². The number of anilines is 2. The highest BCUT2D eigenvalue weighted by Crippen LogP contribution is 2.19. The zero-order chi connectivity index (χ0) is 23.4. The summed E-state index contributed by atoms with van der Waals surface area (Å²) in [6, 6.07) is 19.1. The van der Waals surface area contributed by atoms with Crippen LogP contribution in [0.3, 0.4) is 0 Å². The highest BCUT2D eigenvalue weighted by molar-refractivity contribution is 6.04. The van der Waals surface area contributed by atoms with Gasteiger partial charge in [-0.25, -0.2) is 4.68 Å². The van der Waals surface area contributed by atoms with Gasteiger partial charge in [-0.1, -0.05) is 61.9 Å². The molecule has 0 atom stereocenters. The van der Waals surface area contributed by atoms with Gasteiger partial charge < -0.3 is 10.6 Å². The number of aryl methyl sites for hydroxylation is 1. The maximum atomic E-state index is 12.9. The molecule has 33 heavy (non-hydrogen) atoms. The van der Waals surface area contributed by atoms with Crippen molar-refractivity contribution in [3.63, 3.8) is 0 Å². The van der Waals surface area contributed by atoms with Crippen molar-refractivity contribution in [2.75, 3.05) is 10.6 Å². The predicted octanol–water partition coefficient (Wildman–Crippen LogP) is 4.27. The lowest BCUT2D eigenvalue weighted by atomic mass is 10.1. The Kier molecular flexibility index (Phi) is 6.35. The highest BCUT2D eigenvalue weighted by atomic mass is 16.2. The van der Waals surface area contributed by atoms with Gasteiger partial charge in [-0.3, -0.25) is 14.3 Å². The summed E-state index contributed by atoms with van der Waals surface area (Å²) in [6.45, 7) is 6.26. The van der Waals surface area contributed by atoms with E-state index < -0.39 is 0 Å². The third-order valence-corrected chi connectivity index (χ3v) is 5.07. The lowest BCUT2D eigenvalue weighted by molar-refractivity contribution is -0.118. The Morgan fingerprint density at radius 2 is 1.73 bits per heavy atom. The Balaban J connectivity index is 1.52. The van der Waals surface area contributed by atoms with Gasteiger partial charge in [-0.2, -0.15) is 10.2 Å². The molecule has 0 fully saturated rings. The lowest BCUT2D eigenvalue weighted by Gasteiger charge is -2.10. The molecule has 0 radical (unpaired) electrons. The summed E-state index contributed by atoms with van der Waals surface area (Å²) >= 11 is 0. The van der Waals surface area contributed by atoms with E-state index in [2.05, 4.69) is 45.1 Å². The molecular weight excluding hydrogens is 416 g/mol. The van der Waals surface area contributed by atoms with Crippen LogP contribution in [0.5, 0.6) is 0 Å². The number of para-hydroxylation sites is 1. The molecule has 2 heterocycles. The number of hydrogen-bond acceptors (Lipinski definition) is 4. The Labute approximate surface area is 192 Å². The Hall–Kier alpha value is -4.20. The van der Waals surface area contributed by atoms with Crippen molar-refractivity contribution >= 4 is 23.3 Å². The molecular formula is C25H26N6O2. The second kappa shape index (κ2) is 9.52. The summed E-state index contributed by atoms with van der Waals surface area (Å²) in [5.41, 5.74) is 3.81. The van der Waals surface area contributed by atoms with Crippen LogP contribution in [0.2, 0.25) is 0 Å². The zero-order valence-corrected chi connectivity index (χ0v) is 18.8. The van der Waals surface area contributed by atoms with Crippen LogP contribution < -0.4 is 10.6 Å². The normalized spacial score (nSPS) is 10.9. The topological polar surface area (TPSA) is 93.8 Å². The number of aromatic nitrogens is 4. The van der Waals surface area contributed by atoms with Gasteiger partial charge in [-0.05, 0) is 24.6 Å². The van der Waals surface area contributed by atoms with Crippen molar-refractivity contribution < 1.29 is 9.59 Å². The fraction of sp³-hybridized carbons (Fsp3) is 0.200. The minimum Gasteiger partial charge on any atom is -0.318 e. The minimum absolute atomic E-state index is 0.156. The van der Waals surface area contributed by atoms with Crippen LogP contribution in [0, 0.1) is 12.8 Å². The molecule has 4 rings (SSSR count). The second-order valence-electron chi connectivity index (χ2n) is 8.17. The molecule has 2 amide bonds. The molecule has 0 aliphatic carbocycles. The molecule has 2 aromatic carbocycles. The summed E-state index contributed by atoms with van der Waals surface area (Å²) in [6.07, 6.45) is 3.37. The molecule has 0 bridgehead atoms. The van der Waals surface area contributed by atoms with Crippen LogP contribution in [0.15, 0.2) is 73.1 Å². The molecule has 2 aromatic heterocycles. The van der Waals surface area contributed by atoms with Gasteiger partial charge in [0.1, 0.15) is 5.82 Å². The van der Waals surface area contributed by atoms with Gasteiger partial charge in [0.2, 0.25) is 5.91 Å². The highest BCUT2D eigenvalue weighted by Gasteiger charge is 2.19. The average molecular weight is 443 g/mol. The van der Waals surface area contributed by atoms with Crippen LogP contribution in [-0.4, -0.2) is 31.4 Å². The summed E-state index contributed by atoms with van der Waals surface area (Å²) in [5.74, 6) is -0.322. The predicted molar refractivity (Wildman–Crippen MR) is 127 cm³/mol. The lowest BCUT2D eigenvalue weighted by Crippen LogP contribution is -2.19. The summed E-state index contributed by atoms with van der Waals surface area (Å²) < 4.78 is 3.31. The summed E-state index contributed by atoms with van der Waals surface area (Å²) in [7, 11) is 0. The monoisotopic (exact) mass is 442 g/mol. The number of nitrogens with one attached hydrogen (secondary N) is 2. The number of rotatable bonds is 7. The van der Waals surface area contributed by atoms with E-state index in [1.165, 1.54) is 5.56 Å². The van der Waals surface area contributed by atoms with Crippen LogP contribution in [0.1, 0.15) is 35.5 Å². The van der Waals surface area contributed by atoms with E-state index in [9.17, 15) is 9.59 Å². The van der Waals surface area contributed by atoms with Gasteiger partial charge in [0.05, 0.1) is 24.1 Å². The third-order valence-electron chi connectivity index (χ3n) is 5.07. The van der Waals surface area contributed by atoms with Gasteiger partial charge in [0.15, 0.2) is 5.69 Å². The summed E-state index contributed by atoms with van der Waals surface area (Å²) in [5, 5.41) is 14.4. The van der Waals surface area contributed by atoms with E-state index >= 15 is 0 Å². The average Bonchev–Trinajstić information content (AvgIpc) is 3.43. The van der Waals surface area contributed by atoms with Crippen LogP contribution in [0.4, 0.5) is 11.5 Å². The molecule has 0 saturated carbocycles. The number of benzene rings is 2. The molecule has 0 saturated heterocycles. The quantitative estimate of drug-likeness (QED) is 0.447. The molecule has 8 heteroatoms. The second-order valence-corrected chi connectivity index (χ2v) is 8.17. The first-order chi connectivity index (χ1) is 15.9. The van der Waals surface area contributed by atoms with Crippen LogP contribution >= 0.6 is 0 Å². The van der Waals surface area contributed by atoms with Crippen molar-refractivity contribution in [2.24, 2.45) is 5.92 Å². The van der Waals surface area contributed by atoms with Gasteiger partial charge in [0.25, 0.3) is 5.91 Å². The number of carbonyl (C=O) groups is 2. The van der Waals surface area contributed by atoms with E-state index in [1.807, 2.05) is 37.3 Å². The van der Waals surface area contributed by atoms with E-state index in [4.69, 9.17) is 0 Å². The van der Waals surface area contributed by atoms with E-state index in [0.29, 0.717) is 18.1 Å². The van der Waals surface area contributed by atoms with Crippen molar-refractivity contribution in [3.8, 4) is 5.69 Å². The van der Waals surface area contributed by atoms with E-state index in [0.717, 1.165) is 11.3 Å². The number of nitrogens with zero attached hydrogens (tertiary/aromatic N) is 4. The molecule has 0 spiro atoms. The molecule has 2 N–H and O–H groups in total. The fourth-order valence-corrected chi connectivity index (χ4v) is 3.21. The van der Waals surface area contributed by atoms with Crippen LogP contribution in [-0.2, 0) is 11.3 Å². The first-order valence-electron chi connectivity index (χ1n) is 10.7. The molecule has 168 valence electrons. The third kappa shape index (κ3) is 5.35. The van der Waals surface area contributed by atoms with Crippen molar-refractivity contribution in [1.29, 1.82) is 0 Å². The SMILES string of the molecule is Cc1ccc(Cn2cc(NC(=O)c3cc(NC(=O)C(C)C)n(-c4ccccc4)n3)cn2)cc1. The molecule has 0 aliphatic rings. The van der Waals surface area contributed by atoms with Crippen molar-refractivity contribution in [2.45, 2.75) is 27.3 Å². The summed E-state index contributed by atoms with van der Waals surface area (Å²) in [4.78, 5) is 25.2. The standard InChI is InChI=1S/C25H26N6O2/c1-17(2)24(32)28-23-13-22(29-31(23)21-7-5-4-6-8-21)25(33)27-20-14-26-30(16-20)15-19-11-9-18(3)10-12-19/h4-14,16-17H,15H2,1-3H3,(H,27,33)(H,28,32). The largest absolute Gasteiger partial charge is 0.318 e. The fourth-order valence-electron chi connectivity index (χ4n) is 3.21. The van der Waals surface area contributed by atoms with Crippen molar-refractivity contribution in [3.05, 3.63) is 89.9 Å². The van der Waals surface area contributed by atoms with Gasteiger partial charge >= 0.3 is 0 Å². The zero-order valence-electron chi connectivity index (χ0n) is 18.8. The molecule has 4 aromatic rings.